The first kappa shape index (κ1) is 18.9. The maximum absolute atomic E-state index is 14.2. The number of aryl methyl sites for hydroxylation is 1. The highest BCUT2D eigenvalue weighted by Gasteiger charge is 2.28. The summed E-state index contributed by atoms with van der Waals surface area (Å²) in [6.45, 7) is 2.47. The van der Waals surface area contributed by atoms with Crippen molar-refractivity contribution in [3.05, 3.63) is 71.9 Å². The standard InChI is InChI=1S/C22H21F2N5O/c1-28-19-5-3-2-4-17(19)26-21(28)12-29-8-9-30-13-20(29)22-25-11-18(27-22)15-7-6-14(23)10-16(15)24/h2-7,10-11,20H,8-9,12-13H2,1H3,(H,25,27). The van der Waals surface area contributed by atoms with Crippen molar-refractivity contribution >= 4 is 11.0 Å². The highest BCUT2D eigenvalue weighted by molar-refractivity contribution is 5.75. The van der Waals surface area contributed by atoms with Gasteiger partial charge in [0.2, 0.25) is 0 Å². The number of halogens is 2. The summed E-state index contributed by atoms with van der Waals surface area (Å²) in [6.07, 6.45) is 1.58. The van der Waals surface area contributed by atoms with E-state index in [2.05, 4.69) is 25.5 Å². The third kappa shape index (κ3) is 3.38. The van der Waals surface area contributed by atoms with E-state index in [-0.39, 0.29) is 11.6 Å². The van der Waals surface area contributed by atoms with Crippen molar-refractivity contribution in [3.63, 3.8) is 0 Å². The predicted octanol–water partition coefficient (Wildman–Crippen LogP) is 3.82. The fourth-order valence-electron chi connectivity index (χ4n) is 3.95. The highest BCUT2D eigenvalue weighted by Crippen LogP contribution is 2.28. The van der Waals surface area contributed by atoms with E-state index in [1.165, 1.54) is 12.1 Å². The summed E-state index contributed by atoms with van der Waals surface area (Å²) in [5.41, 5.74) is 2.85. The van der Waals surface area contributed by atoms with Gasteiger partial charge < -0.3 is 14.3 Å². The second-order valence-corrected chi connectivity index (χ2v) is 7.44. The summed E-state index contributed by atoms with van der Waals surface area (Å²) in [5, 5.41) is 0. The van der Waals surface area contributed by atoms with Crippen molar-refractivity contribution < 1.29 is 13.5 Å². The average molecular weight is 409 g/mol. The SMILES string of the molecule is Cn1c(CN2CCOCC2c2ncc(-c3ccc(F)cc3F)[nH]2)nc2ccccc21. The first-order valence-electron chi connectivity index (χ1n) is 9.82. The summed E-state index contributed by atoms with van der Waals surface area (Å²) in [6, 6.07) is 11.5. The number of imidazole rings is 2. The van der Waals surface area contributed by atoms with Crippen LogP contribution in [-0.4, -0.2) is 44.2 Å². The van der Waals surface area contributed by atoms with Crippen LogP contribution in [-0.2, 0) is 18.3 Å². The molecule has 1 N–H and O–H groups in total. The van der Waals surface area contributed by atoms with Gasteiger partial charge in [-0.05, 0) is 24.3 Å². The largest absolute Gasteiger partial charge is 0.378 e. The number of hydrogen-bond donors (Lipinski definition) is 1. The molecule has 3 heterocycles. The molecule has 0 saturated carbocycles. The molecule has 1 saturated heterocycles. The molecular weight excluding hydrogens is 388 g/mol. The lowest BCUT2D eigenvalue weighted by Crippen LogP contribution is -2.40. The smallest absolute Gasteiger partial charge is 0.135 e. The zero-order valence-electron chi connectivity index (χ0n) is 16.5. The molecule has 1 aliphatic rings. The second-order valence-electron chi connectivity index (χ2n) is 7.44. The van der Waals surface area contributed by atoms with Gasteiger partial charge in [0.05, 0.1) is 48.7 Å². The van der Waals surface area contributed by atoms with E-state index in [1.54, 1.807) is 6.20 Å². The number of aromatic nitrogens is 4. The summed E-state index contributed by atoms with van der Waals surface area (Å²) in [7, 11) is 2.02. The molecule has 6 nitrogen and oxygen atoms in total. The Balaban J connectivity index is 1.43. The van der Waals surface area contributed by atoms with E-state index in [9.17, 15) is 8.78 Å². The van der Waals surface area contributed by atoms with E-state index < -0.39 is 11.6 Å². The van der Waals surface area contributed by atoms with Crippen LogP contribution in [0.2, 0.25) is 0 Å². The van der Waals surface area contributed by atoms with E-state index in [4.69, 9.17) is 9.72 Å². The third-order valence-corrected chi connectivity index (χ3v) is 5.60. The van der Waals surface area contributed by atoms with E-state index in [0.717, 1.165) is 29.5 Å². The molecule has 154 valence electrons. The average Bonchev–Trinajstić information content (AvgIpc) is 3.34. The summed E-state index contributed by atoms with van der Waals surface area (Å²) in [5.74, 6) is 0.415. The number of fused-ring (bicyclic) bond motifs is 1. The van der Waals surface area contributed by atoms with Crippen molar-refractivity contribution in [2.45, 2.75) is 12.6 Å². The Labute approximate surface area is 172 Å². The number of nitrogens with zero attached hydrogens (tertiary/aromatic N) is 4. The van der Waals surface area contributed by atoms with Crippen LogP contribution in [0.4, 0.5) is 8.78 Å². The van der Waals surface area contributed by atoms with Crippen molar-refractivity contribution in [1.82, 2.24) is 24.4 Å². The first-order valence-corrected chi connectivity index (χ1v) is 9.82. The Morgan fingerprint density at radius 1 is 1.20 bits per heavy atom. The van der Waals surface area contributed by atoms with Gasteiger partial charge in [0, 0.05) is 25.2 Å². The molecule has 5 rings (SSSR count). The van der Waals surface area contributed by atoms with Gasteiger partial charge in [-0.1, -0.05) is 12.1 Å². The fourth-order valence-corrected chi connectivity index (χ4v) is 3.95. The minimum atomic E-state index is -0.623. The van der Waals surface area contributed by atoms with Crippen molar-refractivity contribution in [2.24, 2.45) is 7.05 Å². The van der Waals surface area contributed by atoms with Crippen LogP contribution in [0, 0.1) is 11.6 Å². The molecule has 1 fully saturated rings. The van der Waals surface area contributed by atoms with Crippen LogP contribution in [0.1, 0.15) is 17.7 Å². The molecule has 30 heavy (non-hydrogen) atoms. The Morgan fingerprint density at radius 3 is 2.90 bits per heavy atom. The van der Waals surface area contributed by atoms with Crippen molar-refractivity contribution in [2.75, 3.05) is 19.8 Å². The molecule has 1 atom stereocenters. The van der Waals surface area contributed by atoms with Crippen LogP contribution < -0.4 is 0 Å². The molecule has 0 amide bonds. The summed E-state index contributed by atoms with van der Waals surface area (Å²) < 4.78 is 35.2. The number of rotatable bonds is 4. The van der Waals surface area contributed by atoms with Crippen molar-refractivity contribution in [1.29, 1.82) is 0 Å². The number of nitrogens with one attached hydrogen (secondary N) is 1. The lowest BCUT2D eigenvalue weighted by Gasteiger charge is -2.34. The molecular formula is C22H21F2N5O. The normalized spacial score (nSPS) is 17.6. The molecule has 2 aromatic carbocycles. The molecule has 0 bridgehead atoms. The number of ether oxygens (including phenoxy) is 1. The van der Waals surface area contributed by atoms with E-state index in [1.807, 2.05) is 25.2 Å². The van der Waals surface area contributed by atoms with Gasteiger partial charge in [-0.25, -0.2) is 18.7 Å². The topological polar surface area (TPSA) is 59.0 Å². The molecule has 1 aliphatic heterocycles. The van der Waals surface area contributed by atoms with Crippen LogP contribution in [0.5, 0.6) is 0 Å². The summed E-state index contributed by atoms with van der Waals surface area (Å²) in [4.78, 5) is 14.7. The van der Waals surface area contributed by atoms with Crippen molar-refractivity contribution in [3.8, 4) is 11.3 Å². The van der Waals surface area contributed by atoms with Crippen LogP contribution >= 0.6 is 0 Å². The Hall–Kier alpha value is -3.10. The molecule has 0 aliphatic carbocycles. The fraction of sp³-hybridized carbons (Fsp3) is 0.273. The lowest BCUT2D eigenvalue weighted by atomic mass is 10.1. The number of benzene rings is 2. The number of para-hydroxylation sites is 2. The van der Waals surface area contributed by atoms with Crippen LogP contribution in [0.3, 0.4) is 0 Å². The second kappa shape index (κ2) is 7.62. The number of hydrogen-bond acceptors (Lipinski definition) is 4. The van der Waals surface area contributed by atoms with Gasteiger partial charge in [-0.15, -0.1) is 0 Å². The predicted molar refractivity (Wildman–Crippen MR) is 109 cm³/mol. The molecule has 0 radical (unpaired) electrons. The van der Waals surface area contributed by atoms with Gasteiger partial charge in [0.15, 0.2) is 0 Å². The van der Waals surface area contributed by atoms with Gasteiger partial charge in [0.25, 0.3) is 0 Å². The van der Waals surface area contributed by atoms with E-state index >= 15 is 0 Å². The number of aromatic amines is 1. The van der Waals surface area contributed by atoms with Gasteiger partial charge in [-0.2, -0.15) is 0 Å². The van der Waals surface area contributed by atoms with Crippen LogP contribution in [0.25, 0.3) is 22.3 Å². The summed E-state index contributed by atoms with van der Waals surface area (Å²) >= 11 is 0. The first-order chi connectivity index (χ1) is 14.6. The maximum atomic E-state index is 14.2. The Kier molecular flexibility index (Phi) is 4.80. The maximum Gasteiger partial charge on any atom is 0.135 e. The molecule has 1 unspecified atom stereocenters. The molecule has 2 aromatic heterocycles. The van der Waals surface area contributed by atoms with Gasteiger partial charge in [0.1, 0.15) is 23.3 Å². The Morgan fingerprint density at radius 2 is 2.07 bits per heavy atom. The monoisotopic (exact) mass is 409 g/mol. The zero-order chi connectivity index (χ0) is 20.7. The molecule has 4 aromatic rings. The Bertz CT molecular complexity index is 1200. The van der Waals surface area contributed by atoms with Crippen LogP contribution in [0.15, 0.2) is 48.7 Å². The zero-order valence-corrected chi connectivity index (χ0v) is 16.5. The quantitative estimate of drug-likeness (QED) is 0.557. The minimum Gasteiger partial charge on any atom is -0.378 e. The number of H-pyrrole nitrogens is 1. The minimum absolute atomic E-state index is 0.115. The number of morpholine rings is 1. The molecule has 0 spiro atoms. The lowest BCUT2D eigenvalue weighted by molar-refractivity contribution is -0.0170. The third-order valence-electron chi connectivity index (χ3n) is 5.60. The highest BCUT2D eigenvalue weighted by atomic mass is 19.1. The van der Waals surface area contributed by atoms with Gasteiger partial charge in [-0.3, -0.25) is 4.90 Å². The van der Waals surface area contributed by atoms with Gasteiger partial charge >= 0.3 is 0 Å². The van der Waals surface area contributed by atoms with E-state index in [0.29, 0.717) is 31.3 Å². The molecule has 8 heteroatoms.